The van der Waals surface area contributed by atoms with Crippen molar-refractivity contribution in [1.82, 2.24) is 10.6 Å². The molecule has 0 spiro atoms. The first-order valence-electron chi connectivity index (χ1n) is 9.28. The van der Waals surface area contributed by atoms with Gasteiger partial charge in [-0.1, -0.05) is 6.42 Å². The number of fused-ring (bicyclic) bond motifs is 1. The summed E-state index contributed by atoms with van der Waals surface area (Å²) in [5, 5.41) is 31.3. The van der Waals surface area contributed by atoms with E-state index in [2.05, 4.69) is 10.6 Å². The Morgan fingerprint density at radius 1 is 1.17 bits per heavy atom. The maximum absolute atomic E-state index is 11.1. The van der Waals surface area contributed by atoms with Crippen molar-refractivity contribution in [3.63, 3.8) is 0 Å². The van der Waals surface area contributed by atoms with Crippen LogP contribution in [-0.2, 0) is 14.3 Å². The van der Waals surface area contributed by atoms with Crippen LogP contribution in [0.25, 0.3) is 10.4 Å². The van der Waals surface area contributed by atoms with E-state index in [0.717, 1.165) is 25.0 Å². The molecule has 0 aliphatic carbocycles. The molecule has 12 nitrogen and oxygen atoms in total. The zero-order chi connectivity index (χ0) is 21.9. The summed E-state index contributed by atoms with van der Waals surface area (Å²) in [5.41, 5.74) is 12.2. The van der Waals surface area contributed by atoms with Gasteiger partial charge in [0.15, 0.2) is 0 Å². The lowest BCUT2D eigenvalue weighted by molar-refractivity contribution is -0.137. The van der Waals surface area contributed by atoms with E-state index in [0.29, 0.717) is 31.7 Å². The number of aliphatic hydroxyl groups excluding tert-OH is 2. The molecule has 2 aliphatic rings. The number of urea groups is 1. The highest BCUT2D eigenvalue weighted by Gasteiger charge is 2.42. The van der Waals surface area contributed by atoms with E-state index in [4.69, 9.17) is 35.9 Å². The maximum Gasteiger partial charge on any atom is 0.315 e. The van der Waals surface area contributed by atoms with Crippen molar-refractivity contribution >= 4 is 23.8 Å². The predicted molar refractivity (Wildman–Crippen MR) is 107 cm³/mol. The minimum atomic E-state index is -0.729. The Bertz CT molecular complexity index is 486. The number of ether oxygens (including phenoxy) is 2. The van der Waals surface area contributed by atoms with Gasteiger partial charge in [0.05, 0.1) is 51.7 Å². The Balaban J connectivity index is 0.000000520. The highest BCUT2D eigenvalue weighted by Crippen LogP contribution is 2.33. The molecule has 0 bridgehead atoms. The van der Waals surface area contributed by atoms with Crippen LogP contribution in [0.2, 0.25) is 0 Å². The summed E-state index contributed by atoms with van der Waals surface area (Å²) in [4.78, 5) is 23.2. The van der Waals surface area contributed by atoms with Crippen molar-refractivity contribution in [1.29, 1.82) is 5.53 Å². The first-order chi connectivity index (χ1) is 14.0. The SMILES string of the molecule is O=C(O)CCCC[C@@H]1SC[C@@H]2NC(=O)N[C@@H]21.OCCOCCOCCO.[N-]=[N+]=N. The molecule has 2 rings (SSSR count). The van der Waals surface area contributed by atoms with Gasteiger partial charge < -0.3 is 35.4 Å². The van der Waals surface area contributed by atoms with Gasteiger partial charge in [0, 0.05) is 17.4 Å². The molecule has 6 N–H and O–H groups in total. The Morgan fingerprint density at radius 2 is 1.76 bits per heavy atom. The minimum Gasteiger partial charge on any atom is -0.481 e. The summed E-state index contributed by atoms with van der Waals surface area (Å²) in [5.74, 6) is 0.236. The van der Waals surface area contributed by atoms with Gasteiger partial charge in [-0.05, 0) is 23.3 Å². The van der Waals surface area contributed by atoms with Crippen LogP contribution in [0.1, 0.15) is 25.7 Å². The fourth-order valence-electron chi connectivity index (χ4n) is 2.72. The van der Waals surface area contributed by atoms with Crippen molar-refractivity contribution in [3.8, 4) is 0 Å². The molecule has 13 heteroatoms. The molecule has 0 unspecified atom stereocenters. The molecule has 0 aromatic carbocycles. The van der Waals surface area contributed by atoms with Crippen LogP contribution in [0.4, 0.5) is 4.79 Å². The van der Waals surface area contributed by atoms with Crippen LogP contribution < -0.4 is 10.6 Å². The van der Waals surface area contributed by atoms with Gasteiger partial charge in [-0.25, -0.2) is 4.79 Å². The number of hydrogen-bond acceptors (Lipinski definition) is 8. The second-order valence-corrected chi connectivity index (χ2v) is 7.31. The quantitative estimate of drug-likeness (QED) is 0.0841. The molecular weight excluding hydrogens is 406 g/mol. The minimum absolute atomic E-state index is 0.0417. The lowest BCUT2D eigenvalue weighted by Crippen LogP contribution is -2.36. The number of rotatable bonds is 12. The lowest BCUT2D eigenvalue weighted by atomic mass is 10.0. The number of aliphatic hydroxyl groups is 2. The third kappa shape index (κ3) is 14.0. The van der Waals surface area contributed by atoms with Crippen LogP contribution in [0.3, 0.4) is 0 Å². The number of unbranched alkanes of at least 4 members (excludes halogenated alkanes) is 1. The fraction of sp³-hybridized carbons (Fsp3) is 0.875. The van der Waals surface area contributed by atoms with Crippen molar-refractivity contribution in [2.45, 2.75) is 43.0 Å². The van der Waals surface area contributed by atoms with Gasteiger partial charge in [0.25, 0.3) is 0 Å². The van der Waals surface area contributed by atoms with Gasteiger partial charge in [0.1, 0.15) is 0 Å². The maximum atomic E-state index is 11.1. The highest BCUT2D eigenvalue weighted by atomic mass is 32.2. The monoisotopic (exact) mass is 437 g/mol. The Kier molecular flexibility index (Phi) is 17.2. The van der Waals surface area contributed by atoms with Crippen LogP contribution in [0, 0.1) is 5.53 Å². The Morgan fingerprint density at radius 3 is 2.28 bits per heavy atom. The first kappa shape index (κ1) is 27.2. The number of nitrogens with zero attached hydrogens (tertiary/aromatic N) is 2. The molecule has 0 aromatic rings. The summed E-state index contributed by atoms with van der Waals surface area (Å²) in [6, 6.07) is 0.440. The highest BCUT2D eigenvalue weighted by molar-refractivity contribution is 8.00. The standard InChI is InChI=1S/C10H16N2O3S.C6H14O4.HN3/c13-8(14)4-2-1-3-7-9-6(5-16-7)11-10(15)12-9;7-1-3-9-5-6-10-4-2-8;1-3-2/h6-7,9H,1-5H2,(H,13,14)(H2,11,12,15);7-8H,1-6H2;1H/t6-,7-,9-;;/m0../s1. The summed E-state index contributed by atoms with van der Waals surface area (Å²) >= 11 is 1.87. The van der Waals surface area contributed by atoms with Gasteiger partial charge in [0.2, 0.25) is 0 Å². The molecule has 29 heavy (non-hydrogen) atoms. The normalized spacial score (nSPS) is 21.4. The number of thioether (sulfide) groups is 1. The van der Waals surface area contributed by atoms with E-state index in [1.807, 2.05) is 11.8 Å². The number of amides is 2. The second-order valence-electron chi connectivity index (χ2n) is 6.03. The second kappa shape index (κ2) is 18.3. The molecule has 2 amide bonds. The van der Waals surface area contributed by atoms with Crippen molar-refractivity contribution in [2.75, 3.05) is 45.4 Å². The summed E-state index contributed by atoms with van der Waals surface area (Å²) in [7, 11) is 0. The van der Waals surface area contributed by atoms with Crippen LogP contribution in [-0.4, -0.2) is 90.0 Å². The Labute approximate surface area is 173 Å². The average molecular weight is 438 g/mol. The zero-order valence-electron chi connectivity index (χ0n) is 16.3. The smallest absolute Gasteiger partial charge is 0.315 e. The van der Waals surface area contributed by atoms with E-state index in [1.165, 1.54) is 0 Å². The predicted octanol–water partition coefficient (Wildman–Crippen LogP) is 0.676. The number of aliphatic carboxylic acids is 1. The Hall–Kier alpha value is -1.76. The van der Waals surface area contributed by atoms with Crippen LogP contribution >= 0.6 is 11.8 Å². The van der Waals surface area contributed by atoms with Crippen LogP contribution in [0.5, 0.6) is 0 Å². The molecule has 2 saturated heterocycles. The van der Waals surface area contributed by atoms with Gasteiger partial charge in [-0.2, -0.15) is 11.8 Å². The van der Waals surface area contributed by atoms with Crippen molar-refractivity contribution < 1.29 is 34.4 Å². The molecular formula is C16H31N5O7S. The molecule has 2 heterocycles. The lowest BCUT2D eigenvalue weighted by Gasteiger charge is -2.16. The van der Waals surface area contributed by atoms with E-state index in [9.17, 15) is 9.59 Å². The number of carbonyl (C=O) groups excluding carboxylic acids is 1. The molecule has 2 aliphatic heterocycles. The first-order valence-corrected chi connectivity index (χ1v) is 10.3. The average Bonchev–Trinajstić information content (AvgIpc) is 3.22. The summed E-state index contributed by atoms with van der Waals surface area (Å²) in [6.45, 7) is 1.73. The zero-order valence-corrected chi connectivity index (χ0v) is 17.1. The molecule has 2 fully saturated rings. The third-order valence-corrected chi connectivity index (χ3v) is 5.42. The molecule has 0 aromatic heterocycles. The van der Waals surface area contributed by atoms with E-state index >= 15 is 0 Å². The van der Waals surface area contributed by atoms with E-state index < -0.39 is 5.97 Å². The largest absolute Gasteiger partial charge is 0.481 e. The molecule has 0 radical (unpaired) electrons. The van der Waals surface area contributed by atoms with Gasteiger partial charge in [-0.15, -0.1) is 5.53 Å². The van der Waals surface area contributed by atoms with Crippen molar-refractivity contribution in [3.05, 3.63) is 10.4 Å². The summed E-state index contributed by atoms with van der Waals surface area (Å²) in [6.07, 6.45) is 2.88. The molecule has 168 valence electrons. The fourth-order valence-corrected chi connectivity index (χ4v) is 4.26. The number of hydrogen-bond donors (Lipinski definition) is 6. The number of nitrogens with one attached hydrogen (secondary N) is 3. The molecule has 0 saturated carbocycles. The number of carbonyl (C=O) groups is 2. The van der Waals surface area contributed by atoms with E-state index in [-0.39, 0.29) is 37.7 Å². The van der Waals surface area contributed by atoms with Gasteiger partial charge in [-0.3, -0.25) is 4.79 Å². The van der Waals surface area contributed by atoms with E-state index in [1.54, 1.807) is 4.91 Å². The topological polar surface area (TPSA) is 198 Å². The number of carboxylic acids is 1. The molecule has 3 atom stereocenters. The third-order valence-electron chi connectivity index (χ3n) is 3.91. The van der Waals surface area contributed by atoms with Gasteiger partial charge >= 0.3 is 12.0 Å². The number of carboxylic acid groups (broad SMARTS) is 1. The van der Waals surface area contributed by atoms with Crippen molar-refractivity contribution in [2.24, 2.45) is 0 Å². The summed E-state index contributed by atoms with van der Waals surface area (Å²) < 4.78 is 9.75. The van der Waals surface area contributed by atoms with Crippen LogP contribution in [0.15, 0.2) is 0 Å².